The van der Waals surface area contributed by atoms with Crippen LogP contribution in [0.15, 0.2) is 28.8 Å². The molecule has 7 heteroatoms. The van der Waals surface area contributed by atoms with Crippen molar-refractivity contribution in [2.75, 3.05) is 26.7 Å². The average Bonchev–Trinajstić information content (AvgIpc) is 3.17. The minimum atomic E-state index is 0.00922. The van der Waals surface area contributed by atoms with E-state index >= 15 is 0 Å². The first kappa shape index (κ1) is 19.4. The second-order valence-electron chi connectivity index (χ2n) is 7.31. The second-order valence-corrected chi connectivity index (χ2v) is 7.31. The van der Waals surface area contributed by atoms with Crippen molar-refractivity contribution in [1.29, 1.82) is 0 Å². The third kappa shape index (κ3) is 5.07. The number of aromatic nitrogens is 2. The van der Waals surface area contributed by atoms with Gasteiger partial charge in [-0.3, -0.25) is 9.69 Å². The number of nitrogens with zero attached hydrogens (tertiary/aromatic N) is 3. The van der Waals surface area contributed by atoms with Crippen LogP contribution in [0.1, 0.15) is 55.8 Å². The lowest BCUT2D eigenvalue weighted by Gasteiger charge is -2.30. The Bertz CT molecular complexity index is 759. The van der Waals surface area contributed by atoms with Gasteiger partial charge in [-0.05, 0) is 25.5 Å². The fraction of sp³-hybridized carbons (Fsp3) is 0.550. The van der Waals surface area contributed by atoms with Crippen LogP contribution >= 0.6 is 0 Å². The van der Waals surface area contributed by atoms with Crippen LogP contribution in [0.3, 0.4) is 0 Å². The van der Waals surface area contributed by atoms with E-state index in [1.165, 1.54) is 0 Å². The fourth-order valence-electron chi connectivity index (χ4n) is 3.35. The third-order valence-corrected chi connectivity index (χ3v) is 4.86. The lowest BCUT2D eigenvalue weighted by molar-refractivity contribution is -0.122. The highest BCUT2D eigenvalue weighted by molar-refractivity contribution is 5.78. The van der Waals surface area contributed by atoms with Gasteiger partial charge < -0.3 is 14.6 Å². The van der Waals surface area contributed by atoms with Crippen molar-refractivity contribution < 1.29 is 14.1 Å². The Morgan fingerprint density at radius 1 is 1.41 bits per heavy atom. The number of piperidine rings is 1. The standard InChI is InChI=1S/C20H28N4O3/c1-14(2)19-22-20(27-23-19)16-8-6-10-24(12-16)13-18(25)21-11-15-7-4-5-9-17(15)26-3/h4-5,7,9,14,16H,6,8,10-13H2,1-3H3,(H,21,25). The van der Waals surface area contributed by atoms with Crippen LogP contribution in [0.4, 0.5) is 0 Å². The van der Waals surface area contributed by atoms with E-state index < -0.39 is 0 Å². The van der Waals surface area contributed by atoms with E-state index in [1.807, 2.05) is 38.1 Å². The highest BCUT2D eigenvalue weighted by Crippen LogP contribution is 2.26. The zero-order valence-corrected chi connectivity index (χ0v) is 16.3. The van der Waals surface area contributed by atoms with Crippen molar-refractivity contribution in [1.82, 2.24) is 20.4 Å². The second kappa shape index (κ2) is 8.99. The highest BCUT2D eigenvalue weighted by Gasteiger charge is 2.27. The van der Waals surface area contributed by atoms with Crippen molar-refractivity contribution in [2.45, 2.75) is 45.1 Å². The van der Waals surface area contributed by atoms with E-state index in [2.05, 4.69) is 20.4 Å². The number of carbonyl (C=O) groups is 1. The lowest BCUT2D eigenvalue weighted by atomic mass is 9.98. The van der Waals surface area contributed by atoms with Gasteiger partial charge in [-0.15, -0.1) is 0 Å². The van der Waals surface area contributed by atoms with Crippen molar-refractivity contribution in [3.8, 4) is 5.75 Å². The number of methoxy groups -OCH3 is 1. The summed E-state index contributed by atoms with van der Waals surface area (Å²) >= 11 is 0. The minimum Gasteiger partial charge on any atom is -0.496 e. The maximum absolute atomic E-state index is 12.4. The summed E-state index contributed by atoms with van der Waals surface area (Å²) in [5.74, 6) is 2.68. The molecule has 0 aliphatic carbocycles. The molecule has 146 valence electrons. The highest BCUT2D eigenvalue weighted by atomic mass is 16.5. The number of para-hydroxylation sites is 1. The molecule has 0 spiro atoms. The smallest absolute Gasteiger partial charge is 0.234 e. The van der Waals surface area contributed by atoms with Crippen molar-refractivity contribution >= 4 is 5.91 Å². The zero-order chi connectivity index (χ0) is 19.2. The predicted octanol–water partition coefficient (Wildman–Crippen LogP) is 2.70. The van der Waals surface area contributed by atoms with Gasteiger partial charge in [-0.1, -0.05) is 37.2 Å². The van der Waals surface area contributed by atoms with Crippen LogP contribution in [-0.4, -0.2) is 47.7 Å². The summed E-state index contributed by atoms with van der Waals surface area (Å²) in [5.41, 5.74) is 0.969. The molecule has 0 bridgehead atoms. The third-order valence-electron chi connectivity index (χ3n) is 4.86. The number of nitrogens with one attached hydrogen (secondary N) is 1. The SMILES string of the molecule is COc1ccccc1CNC(=O)CN1CCCC(c2nc(C(C)C)no2)C1. The van der Waals surface area contributed by atoms with Crippen LogP contribution in [-0.2, 0) is 11.3 Å². The van der Waals surface area contributed by atoms with Gasteiger partial charge in [-0.2, -0.15) is 4.98 Å². The minimum absolute atomic E-state index is 0.00922. The van der Waals surface area contributed by atoms with Gasteiger partial charge in [0.05, 0.1) is 19.6 Å². The Kier molecular flexibility index (Phi) is 6.45. The molecule has 0 radical (unpaired) electrons. The van der Waals surface area contributed by atoms with E-state index in [9.17, 15) is 4.79 Å². The predicted molar refractivity (Wildman–Crippen MR) is 102 cm³/mol. The monoisotopic (exact) mass is 372 g/mol. The lowest BCUT2D eigenvalue weighted by Crippen LogP contribution is -2.41. The molecule has 1 saturated heterocycles. The number of amides is 1. The number of likely N-dealkylation sites (tertiary alicyclic amines) is 1. The van der Waals surface area contributed by atoms with Gasteiger partial charge in [0.2, 0.25) is 11.8 Å². The molecule has 2 aromatic rings. The first-order valence-electron chi connectivity index (χ1n) is 9.51. The average molecular weight is 372 g/mol. The fourth-order valence-corrected chi connectivity index (χ4v) is 3.35. The quantitative estimate of drug-likeness (QED) is 0.805. The normalized spacial score (nSPS) is 17.9. The van der Waals surface area contributed by atoms with Gasteiger partial charge in [0.15, 0.2) is 5.82 Å². The Hall–Kier alpha value is -2.41. The zero-order valence-electron chi connectivity index (χ0n) is 16.3. The van der Waals surface area contributed by atoms with Crippen molar-refractivity contribution in [3.63, 3.8) is 0 Å². The van der Waals surface area contributed by atoms with E-state index in [0.717, 1.165) is 43.1 Å². The topological polar surface area (TPSA) is 80.5 Å². The maximum atomic E-state index is 12.4. The molecular weight excluding hydrogens is 344 g/mol. The summed E-state index contributed by atoms with van der Waals surface area (Å²) in [6.07, 6.45) is 2.03. The number of hydrogen-bond donors (Lipinski definition) is 1. The number of hydrogen-bond acceptors (Lipinski definition) is 6. The Labute approximate surface area is 160 Å². The summed E-state index contributed by atoms with van der Waals surface area (Å²) in [4.78, 5) is 19.1. The first-order chi connectivity index (χ1) is 13.1. The van der Waals surface area contributed by atoms with Crippen LogP contribution in [0.2, 0.25) is 0 Å². The largest absolute Gasteiger partial charge is 0.496 e. The molecule has 1 unspecified atom stereocenters. The van der Waals surface area contributed by atoms with E-state index in [-0.39, 0.29) is 17.7 Å². The number of benzene rings is 1. The molecular formula is C20H28N4O3. The van der Waals surface area contributed by atoms with Gasteiger partial charge in [0.25, 0.3) is 0 Å². The first-order valence-corrected chi connectivity index (χ1v) is 9.51. The Morgan fingerprint density at radius 3 is 2.96 bits per heavy atom. The Balaban J connectivity index is 1.51. The number of rotatable bonds is 7. The molecule has 1 aromatic carbocycles. The Morgan fingerprint density at radius 2 is 2.22 bits per heavy atom. The summed E-state index contributed by atoms with van der Waals surface area (Å²) in [6.45, 7) is 6.60. The van der Waals surface area contributed by atoms with E-state index in [1.54, 1.807) is 7.11 Å². The van der Waals surface area contributed by atoms with E-state index in [0.29, 0.717) is 19.0 Å². The van der Waals surface area contributed by atoms with Crippen LogP contribution in [0.25, 0.3) is 0 Å². The molecule has 2 heterocycles. The van der Waals surface area contributed by atoms with Crippen LogP contribution in [0, 0.1) is 0 Å². The molecule has 1 aliphatic heterocycles. The van der Waals surface area contributed by atoms with Crippen molar-refractivity contribution in [3.05, 3.63) is 41.5 Å². The maximum Gasteiger partial charge on any atom is 0.234 e. The molecule has 1 atom stereocenters. The molecule has 1 aliphatic rings. The van der Waals surface area contributed by atoms with E-state index in [4.69, 9.17) is 9.26 Å². The van der Waals surface area contributed by atoms with Gasteiger partial charge in [0, 0.05) is 24.6 Å². The summed E-state index contributed by atoms with van der Waals surface area (Å²) in [7, 11) is 1.64. The molecule has 1 N–H and O–H groups in total. The van der Waals surface area contributed by atoms with Crippen LogP contribution < -0.4 is 10.1 Å². The van der Waals surface area contributed by atoms with Crippen molar-refractivity contribution in [2.24, 2.45) is 0 Å². The summed E-state index contributed by atoms with van der Waals surface area (Å²) in [5, 5.41) is 7.04. The van der Waals surface area contributed by atoms with Gasteiger partial charge >= 0.3 is 0 Å². The summed E-state index contributed by atoms with van der Waals surface area (Å²) in [6, 6.07) is 7.71. The molecule has 1 aromatic heterocycles. The van der Waals surface area contributed by atoms with Gasteiger partial charge in [-0.25, -0.2) is 0 Å². The molecule has 3 rings (SSSR count). The van der Waals surface area contributed by atoms with Gasteiger partial charge in [0.1, 0.15) is 5.75 Å². The molecule has 27 heavy (non-hydrogen) atoms. The number of carbonyl (C=O) groups excluding carboxylic acids is 1. The molecule has 1 fully saturated rings. The molecule has 7 nitrogen and oxygen atoms in total. The number of ether oxygens (including phenoxy) is 1. The molecule has 0 saturated carbocycles. The van der Waals surface area contributed by atoms with Crippen LogP contribution in [0.5, 0.6) is 5.75 Å². The summed E-state index contributed by atoms with van der Waals surface area (Å²) < 4.78 is 10.8. The molecule has 1 amide bonds.